The van der Waals surface area contributed by atoms with Crippen LogP contribution in [0.5, 0.6) is 0 Å². The average Bonchev–Trinajstić information content (AvgIpc) is 3.13. The first-order valence-corrected chi connectivity index (χ1v) is 11.0. The van der Waals surface area contributed by atoms with Crippen LogP contribution in [0.3, 0.4) is 0 Å². The molecule has 25 heavy (non-hydrogen) atoms. The Morgan fingerprint density at radius 2 is 2.08 bits per heavy atom. The standard InChI is InChI=1S/C19H28N2O3S/c1-14-5-3-6-17(11-14)21(25(2,23)24)10-4-7-19(22)20-18-13-15-8-9-16(18)12-15/h3,5-6,11,15-16,18H,4,7-10,12-13H2,1-2H3,(H,20,22)/t15-,16-,18-/m0/s1. The number of amides is 1. The number of rotatable bonds is 7. The summed E-state index contributed by atoms with van der Waals surface area (Å²) in [5.74, 6) is 1.52. The molecule has 2 fully saturated rings. The smallest absolute Gasteiger partial charge is 0.232 e. The second-order valence-electron chi connectivity index (χ2n) is 7.63. The molecule has 3 atom stereocenters. The fourth-order valence-electron chi connectivity index (χ4n) is 4.35. The maximum absolute atomic E-state index is 12.2. The Bertz CT molecular complexity index is 732. The number of carbonyl (C=O) groups is 1. The van der Waals surface area contributed by atoms with E-state index >= 15 is 0 Å². The van der Waals surface area contributed by atoms with Gasteiger partial charge in [0.2, 0.25) is 15.9 Å². The fourth-order valence-corrected chi connectivity index (χ4v) is 5.31. The van der Waals surface area contributed by atoms with Crippen molar-refractivity contribution < 1.29 is 13.2 Å². The number of nitrogens with zero attached hydrogens (tertiary/aromatic N) is 1. The van der Waals surface area contributed by atoms with Crippen molar-refractivity contribution in [2.75, 3.05) is 17.1 Å². The normalized spacial score (nSPS) is 25.1. The number of sulfonamides is 1. The summed E-state index contributed by atoms with van der Waals surface area (Å²) in [5, 5.41) is 3.16. The van der Waals surface area contributed by atoms with Crippen LogP contribution in [0.2, 0.25) is 0 Å². The number of nitrogens with one attached hydrogen (secondary N) is 1. The Balaban J connectivity index is 1.52. The number of anilines is 1. The first-order valence-electron chi connectivity index (χ1n) is 9.16. The Morgan fingerprint density at radius 1 is 1.28 bits per heavy atom. The molecule has 1 N–H and O–H groups in total. The van der Waals surface area contributed by atoms with E-state index in [0.717, 1.165) is 17.9 Å². The van der Waals surface area contributed by atoms with E-state index in [1.54, 1.807) is 6.07 Å². The average molecular weight is 365 g/mol. The Hall–Kier alpha value is -1.56. The van der Waals surface area contributed by atoms with Crippen molar-refractivity contribution in [1.29, 1.82) is 0 Å². The van der Waals surface area contributed by atoms with Gasteiger partial charge in [-0.3, -0.25) is 9.10 Å². The second kappa shape index (κ2) is 7.36. The van der Waals surface area contributed by atoms with Crippen LogP contribution >= 0.6 is 0 Å². The summed E-state index contributed by atoms with van der Waals surface area (Å²) in [6, 6.07) is 7.78. The summed E-state index contributed by atoms with van der Waals surface area (Å²) < 4.78 is 25.6. The van der Waals surface area contributed by atoms with E-state index in [1.165, 1.54) is 29.8 Å². The third-order valence-corrected chi connectivity index (χ3v) is 6.73. The predicted molar refractivity (Wildman–Crippen MR) is 100.0 cm³/mol. The lowest BCUT2D eigenvalue weighted by atomic mass is 9.95. The monoisotopic (exact) mass is 364 g/mol. The van der Waals surface area contributed by atoms with Gasteiger partial charge in [-0.25, -0.2) is 8.42 Å². The lowest BCUT2D eigenvalue weighted by molar-refractivity contribution is -0.122. The van der Waals surface area contributed by atoms with Gasteiger partial charge in [-0.1, -0.05) is 18.6 Å². The van der Waals surface area contributed by atoms with Crippen LogP contribution in [0.4, 0.5) is 5.69 Å². The summed E-state index contributed by atoms with van der Waals surface area (Å²) in [7, 11) is -3.36. The van der Waals surface area contributed by atoms with E-state index in [1.807, 2.05) is 25.1 Å². The fraction of sp³-hybridized carbons (Fsp3) is 0.632. The molecule has 0 saturated heterocycles. The van der Waals surface area contributed by atoms with Gasteiger partial charge in [0.05, 0.1) is 11.9 Å². The first-order chi connectivity index (χ1) is 11.8. The van der Waals surface area contributed by atoms with Crippen LogP contribution in [-0.4, -0.2) is 33.2 Å². The van der Waals surface area contributed by atoms with Crippen LogP contribution in [0, 0.1) is 18.8 Å². The van der Waals surface area contributed by atoms with E-state index in [2.05, 4.69) is 5.32 Å². The molecule has 0 unspecified atom stereocenters. The summed E-state index contributed by atoms with van der Waals surface area (Å²) in [6.07, 6.45) is 7.04. The zero-order valence-electron chi connectivity index (χ0n) is 15.1. The van der Waals surface area contributed by atoms with E-state index < -0.39 is 10.0 Å². The molecule has 6 heteroatoms. The Kier molecular flexibility index (Phi) is 5.37. The zero-order chi connectivity index (χ0) is 18.0. The topological polar surface area (TPSA) is 66.5 Å². The molecule has 1 amide bonds. The van der Waals surface area contributed by atoms with Gasteiger partial charge < -0.3 is 5.32 Å². The van der Waals surface area contributed by atoms with Crippen molar-refractivity contribution in [1.82, 2.24) is 5.32 Å². The van der Waals surface area contributed by atoms with Gasteiger partial charge in [-0.05, 0) is 62.1 Å². The maximum Gasteiger partial charge on any atom is 0.232 e. The Morgan fingerprint density at radius 3 is 2.68 bits per heavy atom. The third kappa shape index (κ3) is 4.54. The lowest BCUT2D eigenvalue weighted by Crippen LogP contribution is -2.39. The largest absolute Gasteiger partial charge is 0.353 e. The summed E-state index contributed by atoms with van der Waals surface area (Å²) >= 11 is 0. The van der Waals surface area contributed by atoms with Crippen LogP contribution in [0.15, 0.2) is 24.3 Å². The van der Waals surface area contributed by atoms with Gasteiger partial charge in [0.25, 0.3) is 0 Å². The number of hydrogen-bond acceptors (Lipinski definition) is 3. The molecule has 0 heterocycles. The molecule has 0 spiro atoms. The molecule has 2 aliphatic rings. The van der Waals surface area contributed by atoms with Crippen LogP contribution < -0.4 is 9.62 Å². The minimum atomic E-state index is -3.36. The summed E-state index contributed by atoms with van der Waals surface area (Å²) in [6.45, 7) is 2.26. The quantitative estimate of drug-likeness (QED) is 0.809. The van der Waals surface area contributed by atoms with Crippen molar-refractivity contribution in [3.8, 4) is 0 Å². The van der Waals surface area contributed by atoms with Gasteiger partial charge in [0, 0.05) is 19.0 Å². The highest BCUT2D eigenvalue weighted by Crippen LogP contribution is 2.44. The van der Waals surface area contributed by atoms with Crippen LogP contribution in [-0.2, 0) is 14.8 Å². The van der Waals surface area contributed by atoms with E-state index in [4.69, 9.17) is 0 Å². The molecule has 0 radical (unpaired) electrons. The number of hydrogen-bond donors (Lipinski definition) is 1. The van der Waals surface area contributed by atoms with Crippen LogP contribution in [0.1, 0.15) is 44.1 Å². The third-order valence-electron chi connectivity index (χ3n) is 5.54. The van der Waals surface area contributed by atoms with Gasteiger partial charge >= 0.3 is 0 Å². The Labute approximate surface area is 150 Å². The molecule has 138 valence electrons. The maximum atomic E-state index is 12.2. The molecular weight excluding hydrogens is 336 g/mol. The highest BCUT2D eigenvalue weighted by Gasteiger charge is 2.39. The van der Waals surface area contributed by atoms with Crippen molar-refractivity contribution in [2.45, 2.75) is 51.5 Å². The van der Waals surface area contributed by atoms with Crippen molar-refractivity contribution in [3.63, 3.8) is 0 Å². The minimum Gasteiger partial charge on any atom is -0.353 e. The summed E-state index contributed by atoms with van der Waals surface area (Å²) in [4.78, 5) is 12.2. The van der Waals surface area contributed by atoms with Crippen molar-refractivity contribution in [3.05, 3.63) is 29.8 Å². The molecule has 0 aromatic heterocycles. The molecule has 2 saturated carbocycles. The number of benzene rings is 1. The van der Waals surface area contributed by atoms with E-state index in [0.29, 0.717) is 37.0 Å². The minimum absolute atomic E-state index is 0.0512. The van der Waals surface area contributed by atoms with Crippen LogP contribution in [0.25, 0.3) is 0 Å². The number of aryl methyl sites for hydroxylation is 1. The van der Waals surface area contributed by atoms with Gasteiger partial charge in [0.1, 0.15) is 0 Å². The molecule has 3 rings (SSSR count). The number of carbonyl (C=O) groups excluding carboxylic acids is 1. The van der Waals surface area contributed by atoms with Gasteiger partial charge in [0.15, 0.2) is 0 Å². The first kappa shape index (κ1) is 18.2. The molecule has 1 aromatic rings. The molecular formula is C19H28N2O3S. The lowest BCUT2D eigenvalue weighted by Gasteiger charge is -2.24. The molecule has 2 aliphatic carbocycles. The highest BCUT2D eigenvalue weighted by atomic mass is 32.2. The second-order valence-corrected chi connectivity index (χ2v) is 9.53. The van der Waals surface area contributed by atoms with Crippen molar-refractivity contribution >= 4 is 21.6 Å². The molecule has 0 aliphatic heterocycles. The van der Waals surface area contributed by atoms with E-state index in [-0.39, 0.29) is 5.91 Å². The molecule has 5 nitrogen and oxygen atoms in total. The van der Waals surface area contributed by atoms with Gasteiger partial charge in [-0.2, -0.15) is 0 Å². The summed E-state index contributed by atoms with van der Waals surface area (Å²) in [5.41, 5.74) is 1.68. The highest BCUT2D eigenvalue weighted by molar-refractivity contribution is 7.92. The molecule has 2 bridgehead atoms. The van der Waals surface area contributed by atoms with Gasteiger partial charge in [-0.15, -0.1) is 0 Å². The van der Waals surface area contributed by atoms with E-state index in [9.17, 15) is 13.2 Å². The van der Waals surface area contributed by atoms with Crippen molar-refractivity contribution in [2.24, 2.45) is 11.8 Å². The predicted octanol–water partition coefficient (Wildman–Crippen LogP) is 2.85. The zero-order valence-corrected chi connectivity index (χ0v) is 15.9. The number of fused-ring (bicyclic) bond motifs is 2. The SMILES string of the molecule is Cc1cccc(N(CCCC(=O)N[C@H]2C[C@H]3CC[C@H]2C3)S(C)(=O)=O)c1. The molecule has 1 aromatic carbocycles.